The summed E-state index contributed by atoms with van der Waals surface area (Å²) >= 11 is 0. The maximum absolute atomic E-state index is 11.9. The first-order valence-electron chi connectivity index (χ1n) is 6.69. The number of fused-ring (bicyclic) bond motifs is 2. The minimum atomic E-state index is -0.445. The summed E-state index contributed by atoms with van der Waals surface area (Å²) < 4.78 is 5.01. The number of carbonyl (C=O) groups excluding carboxylic acids is 1. The molecule has 0 radical (unpaired) electrons. The number of hydrogen-bond donors (Lipinski definition) is 0. The topological polar surface area (TPSA) is 50.1 Å². The summed E-state index contributed by atoms with van der Waals surface area (Å²) in [7, 11) is 0. The van der Waals surface area contributed by atoms with Crippen LogP contribution < -0.4 is 0 Å². The number of ether oxygens (including phenoxy) is 1. The van der Waals surface area contributed by atoms with Gasteiger partial charge in [-0.3, -0.25) is 0 Å². The van der Waals surface area contributed by atoms with Gasteiger partial charge < -0.3 is 4.74 Å². The van der Waals surface area contributed by atoms with Crippen molar-refractivity contribution in [1.82, 2.24) is 0 Å². The molecular weight excluding hydrogens is 226 g/mol. The largest absolute Gasteiger partial charge is 0.462 e. The van der Waals surface area contributed by atoms with Crippen molar-refractivity contribution < 1.29 is 9.53 Å². The van der Waals surface area contributed by atoms with Gasteiger partial charge in [0.05, 0.1) is 6.61 Å². The normalized spacial score (nSPS) is 35.2. The Morgan fingerprint density at radius 3 is 2.56 bits per heavy atom. The third-order valence-corrected chi connectivity index (χ3v) is 5.45. The zero-order valence-electron chi connectivity index (χ0n) is 11.7. The molecule has 98 valence electrons. The number of nitriles is 1. The second kappa shape index (κ2) is 4.12. The van der Waals surface area contributed by atoms with E-state index in [4.69, 9.17) is 4.74 Å². The first-order chi connectivity index (χ1) is 8.38. The van der Waals surface area contributed by atoms with Crippen LogP contribution in [-0.4, -0.2) is 12.6 Å². The van der Waals surface area contributed by atoms with E-state index in [-0.39, 0.29) is 16.4 Å². The predicted molar refractivity (Wildman–Crippen MR) is 68.5 cm³/mol. The standard InChI is InChI=1S/C15H21NO2/c1-5-18-13(17)11(9-16)12-8-10-6-7-15(12,4)14(10,2)3/h10H,5-8H2,1-4H3/b12-11+. The molecule has 2 fully saturated rings. The number of hydrogen-bond acceptors (Lipinski definition) is 3. The third kappa shape index (κ3) is 1.51. The van der Waals surface area contributed by atoms with E-state index in [1.165, 1.54) is 6.42 Å². The molecule has 0 aromatic heterocycles. The molecule has 3 heteroatoms. The highest BCUT2D eigenvalue weighted by Gasteiger charge is 2.60. The molecular formula is C15H21NO2. The molecule has 2 bridgehead atoms. The molecule has 0 aliphatic heterocycles. The summed E-state index contributed by atoms with van der Waals surface area (Å²) in [6.45, 7) is 8.81. The Morgan fingerprint density at radius 2 is 2.17 bits per heavy atom. The summed E-state index contributed by atoms with van der Waals surface area (Å²) in [6, 6.07) is 2.08. The molecule has 0 saturated heterocycles. The molecule has 0 spiro atoms. The number of nitrogens with zero attached hydrogens (tertiary/aromatic N) is 1. The monoisotopic (exact) mass is 247 g/mol. The molecule has 18 heavy (non-hydrogen) atoms. The lowest BCUT2D eigenvalue weighted by molar-refractivity contribution is -0.138. The molecule has 0 heterocycles. The Hall–Kier alpha value is -1.30. The lowest BCUT2D eigenvalue weighted by Gasteiger charge is -2.35. The fraction of sp³-hybridized carbons (Fsp3) is 0.733. The summed E-state index contributed by atoms with van der Waals surface area (Å²) in [4.78, 5) is 11.9. The Balaban J connectivity index is 2.46. The molecule has 0 aromatic carbocycles. The summed E-state index contributed by atoms with van der Waals surface area (Å²) in [5.41, 5.74) is 1.45. The molecule has 2 rings (SSSR count). The average molecular weight is 247 g/mol. The molecule has 3 nitrogen and oxygen atoms in total. The summed E-state index contributed by atoms with van der Waals surface area (Å²) in [5, 5.41) is 9.29. The van der Waals surface area contributed by atoms with E-state index in [1.807, 2.05) is 0 Å². The lowest BCUT2D eigenvalue weighted by atomic mass is 9.68. The highest BCUT2D eigenvalue weighted by Crippen LogP contribution is 2.68. The zero-order chi connectivity index (χ0) is 13.6. The van der Waals surface area contributed by atoms with Gasteiger partial charge in [0.15, 0.2) is 0 Å². The van der Waals surface area contributed by atoms with Crippen LogP contribution in [0, 0.1) is 28.1 Å². The fourth-order valence-corrected chi connectivity index (χ4v) is 3.78. The van der Waals surface area contributed by atoms with Gasteiger partial charge in [0.25, 0.3) is 0 Å². The van der Waals surface area contributed by atoms with Crippen LogP contribution >= 0.6 is 0 Å². The van der Waals surface area contributed by atoms with Crippen molar-refractivity contribution in [3.05, 3.63) is 11.1 Å². The van der Waals surface area contributed by atoms with Crippen molar-refractivity contribution in [2.45, 2.75) is 47.0 Å². The SMILES string of the molecule is CCOC(=O)/C(C#N)=C1\CC2CCC1(C)C2(C)C. The Bertz CT molecular complexity index is 456. The first-order valence-corrected chi connectivity index (χ1v) is 6.69. The van der Waals surface area contributed by atoms with Gasteiger partial charge in [-0.1, -0.05) is 20.8 Å². The smallest absolute Gasteiger partial charge is 0.348 e. The second-order valence-electron chi connectivity index (χ2n) is 6.18. The minimum absolute atomic E-state index is 0.0184. The van der Waals surface area contributed by atoms with E-state index in [1.54, 1.807) is 6.92 Å². The van der Waals surface area contributed by atoms with Crippen LogP contribution in [0.1, 0.15) is 47.0 Å². The van der Waals surface area contributed by atoms with Gasteiger partial charge in [0.1, 0.15) is 11.6 Å². The highest BCUT2D eigenvalue weighted by molar-refractivity contribution is 5.94. The van der Waals surface area contributed by atoms with Gasteiger partial charge in [0, 0.05) is 0 Å². The second-order valence-corrected chi connectivity index (χ2v) is 6.18. The Kier molecular flexibility index (Phi) is 3.01. The number of allylic oxidation sites excluding steroid dienone is 1. The summed E-state index contributed by atoms with van der Waals surface area (Å²) in [6.07, 6.45) is 3.16. The van der Waals surface area contributed by atoms with E-state index < -0.39 is 5.97 Å². The van der Waals surface area contributed by atoms with Crippen molar-refractivity contribution in [2.24, 2.45) is 16.7 Å². The van der Waals surface area contributed by atoms with Gasteiger partial charge in [-0.25, -0.2) is 4.79 Å². The first kappa shape index (κ1) is 13.1. The number of rotatable bonds is 2. The van der Waals surface area contributed by atoms with Crippen LogP contribution in [-0.2, 0) is 9.53 Å². The van der Waals surface area contributed by atoms with Crippen LogP contribution in [0.25, 0.3) is 0 Å². The maximum atomic E-state index is 11.9. The van der Waals surface area contributed by atoms with Gasteiger partial charge in [-0.2, -0.15) is 5.26 Å². The van der Waals surface area contributed by atoms with Gasteiger partial charge >= 0.3 is 5.97 Å². The molecule has 2 atom stereocenters. The Labute approximate surface area is 109 Å². The van der Waals surface area contributed by atoms with Gasteiger partial charge in [-0.15, -0.1) is 0 Å². The van der Waals surface area contributed by atoms with E-state index in [0.29, 0.717) is 12.5 Å². The minimum Gasteiger partial charge on any atom is -0.462 e. The predicted octanol–water partition coefficient (Wildman–Crippen LogP) is 3.22. The van der Waals surface area contributed by atoms with Crippen LogP contribution in [0.3, 0.4) is 0 Å². The van der Waals surface area contributed by atoms with E-state index >= 15 is 0 Å². The molecule has 2 saturated carbocycles. The maximum Gasteiger partial charge on any atom is 0.348 e. The van der Waals surface area contributed by atoms with E-state index in [2.05, 4.69) is 26.8 Å². The summed E-state index contributed by atoms with van der Waals surface area (Å²) in [5.74, 6) is 0.148. The zero-order valence-corrected chi connectivity index (χ0v) is 11.7. The van der Waals surface area contributed by atoms with Crippen molar-refractivity contribution in [3.63, 3.8) is 0 Å². The molecule has 2 aliphatic rings. The van der Waals surface area contributed by atoms with Crippen molar-refractivity contribution in [1.29, 1.82) is 5.26 Å². The van der Waals surface area contributed by atoms with E-state index in [0.717, 1.165) is 18.4 Å². The van der Waals surface area contributed by atoms with Crippen LogP contribution in [0.2, 0.25) is 0 Å². The van der Waals surface area contributed by atoms with Crippen molar-refractivity contribution in [2.75, 3.05) is 6.61 Å². The number of esters is 1. The third-order valence-electron chi connectivity index (χ3n) is 5.45. The van der Waals surface area contributed by atoms with E-state index in [9.17, 15) is 10.1 Å². The average Bonchev–Trinajstić information content (AvgIpc) is 2.63. The fourth-order valence-electron chi connectivity index (χ4n) is 3.78. The molecule has 0 N–H and O–H groups in total. The highest BCUT2D eigenvalue weighted by atomic mass is 16.5. The molecule has 2 unspecified atom stereocenters. The molecule has 0 amide bonds. The van der Waals surface area contributed by atoms with Gasteiger partial charge in [0.2, 0.25) is 0 Å². The molecule has 0 aromatic rings. The van der Waals surface area contributed by atoms with Crippen LogP contribution in [0.4, 0.5) is 0 Å². The Morgan fingerprint density at radius 1 is 1.50 bits per heavy atom. The van der Waals surface area contributed by atoms with Gasteiger partial charge in [-0.05, 0) is 48.5 Å². The quantitative estimate of drug-likeness (QED) is 0.427. The van der Waals surface area contributed by atoms with Crippen molar-refractivity contribution >= 4 is 5.97 Å². The van der Waals surface area contributed by atoms with Crippen LogP contribution in [0.5, 0.6) is 0 Å². The van der Waals surface area contributed by atoms with Crippen LogP contribution in [0.15, 0.2) is 11.1 Å². The lowest BCUT2D eigenvalue weighted by Crippen LogP contribution is -2.29. The number of carbonyl (C=O) groups is 1. The molecule has 2 aliphatic carbocycles. The van der Waals surface area contributed by atoms with Crippen molar-refractivity contribution in [3.8, 4) is 6.07 Å².